The van der Waals surface area contributed by atoms with Crippen molar-refractivity contribution >= 4 is 16.8 Å². The van der Waals surface area contributed by atoms with E-state index in [9.17, 15) is 19.4 Å². The van der Waals surface area contributed by atoms with Crippen LogP contribution in [0.1, 0.15) is 16.8 Å². The molecule has 1 amide bonds. The minimum absolute atomic E-state index is 0.0410. The summed E-state index contributed by atoms with van der Waals surface area (Å²) in [6.07, 6.45) is 10.2. The predicted octanol–water partition coefficient (Wildman–Crippen LogP) is 4.63. The third kappa shape index (κ3) is 4.62. The molecule has 0 saturated carbocycles. The van der Waals surface area contributed by atoms with E-state index in [1.54, 1.807) is 6.20 Å². The average molecular weight is 431 g/mol. The number of rotatable bonds is 7. The lowest BCUT2D eigenvalue weighted by Gasteiger charge is -2.10. The molecule has 0 unspecified atom stereocenters. The number of halogens is 1. The molecular formula is C25H22FN3O3. The summed E-state index contributed by atoms with van der Waals surface area (Å²) in [5, 5.41) is 24.0. The molecule has 0 radical (unpaired) electrons. The number of carbonyl (C=O) groups excluding carboxylic acids is 1. The molecule has 0 bridgehead atoms. The van der Waals surface area contributed by atoms with Crippen LogP contribution in [0.3, 0.4) is 0 Å². The van der Waals surface area contributed by atoms with Gasteiger partial charge in [-0.05, 0) is 53.9 Å². The molecule has 6 nitrogen and oxygen atoms in total. The number of aromatic hydroxyl groups is 2. The molecule has 4 rings (SSSR count). The lowest BCUT2D eigenvalue weighted by molar-refractivity contribution is 0.0951. The van der Waals surface area contributed by atoms with Crippen LogP contribution < -0.4 is 5.32 Å². The number of nitrogens with one attached hydrogen (secondary N) is 1. The van der Waals surface area contributed by atoms with Gasteiger partial charge >= 0.3 is 0 Å². The topological polar surface area (TPSA) is 87.4 Å². The van der Waals surface area contributed by atoms with Gasteiger partial charge < -0.3 is 20.1 Å². The number of pyridine rings is 1. The fraction of sp³-hybridized carbons (Fsp3) is 0.120. The van der Waals surface area contributed by atoms with Gasteiger partial charge in [-0.25, -0.2) is 4.39 Å². The van der Waals surface area contributed by atoms with Gasteiger partial charge in [0.2, 0.25) is 0 Å². The molecule has 3 N–H and O–H groups in total. The highest BCUT2D eigenvalue weighted by Gasteiger charge is 2.16. The molecule has 162 valence electrons. The Balaban J connectivity index is 1.35. The van der Waals surface area contributed by atoms with Crippen LogP contribution in [-0.4, -0.2) is 32.2 Å². The van der Waals surface area contributed by atoms with Crippen molar-refractivity contribution < 1.29 is 19.4 Å². The molecule has 4 aromatic rings. The lowest BCUT2D eigenvalue weighted by Crippen LogP contribution is -2.24. The predicted molar refractivity (Wildman–Crippen MR) is 121 cm³/mol. The first kappa shape index (κ1) is 21.1. The maximum Gasteiger partial charge on any atom is 0.255 e. The summed E-state index contributed by atoms with van der Waals surface area (Å²) >= 11 is 0. The highest BCUT2D eigenvalue weighted by molar-refractivity contribution is 5.99. The van der Waals surface area contributed by atoms with Crippen LogP contribution in [0, 0.1) is 5.82 Å². The Morgan fingerprint density at radius 1 is 1.06 bits per heavy atom. The second-order valence-corrected chi connectivity index (χ2v) is 7.32. The fourth-order valence-electron chi connectivity index (χ4n) is 3.47. The van der Waals surface area contributed by atoms with Gasteiger partial charge in [-0.3, -0.25) is 9.78 Å². The first-order valence-electron chi connectivity index (χ1n) is 10.2. The van der Waals surface area contributed by atoms with Crippen molar-refractivity contribution in [2.45, 2.75) is 13.0 Å². The van der Waals surface area contributed by atoms with Gasteiger partial charge in [0.05, 0.1) is 11.1 Å². The molecular weight excluding hydrogens is 409 g/mol. The number of benzene rings is 2. The summed E-state index contributed by atoms with van der Waals surface area (Å²) in [7, 11) is 0. The van der Waals surface area contributed by atoms with Gasteiger partial charge in [-0.15, -0.1) is 0 Å². The summed E-state index contributed by atoms with van der Waals surface area (Å²) in [4.78, 5) is 16.7. The molecule has 7 heteroatoms. The van der Waals surface area contributed by atoms with E-state index in [4.69, 9.17) is 0 Å². The van der Waals surface area contributed by atoms with Crippen LogP contribution in [0.25, 0.3) is 22.0 Å². The molecule has 2 aromatic carbocycles. The van der Waals surface area contributed by atoms with Gasteiger partial charge in [0.15, 0.2) is 11.5 Å². The zero-order valence-electron chi connectivity index (χ0n) is 17.2. The highest BCUT2D eigenvalue weighted by atomic mass is 19.1. The van der Waals surface area contributed by atoms with Crippen LogP contribution in [-0.2, 0) is 6.54 Å². The third-order valence-electron chi connectivity index (χ3n) is 5.15. The molecule has 0 aliphatic heterocycles. The van der Waals surface area contributed by atoms with E-state index in [1.807, 2.05) is 36.7 Å². The number of hydrogen-bond donors (Lipinski definition) is 3. The SMILES string of the molecule is O=C(NCC/C=C/Cn1ccc2cnccc21)c1cc(-c2ccc(F)cc2)cc(O)c1O. The van der Waals surface area contributed by atoms with Crippen molar-refractivity contribution in [1.82, 2.24) is 14.9 Å². The summed E-state index contributed by atoms with van der Waals surface area (Å²) in [5.74, 6) is -1.78. The maximum atomic E-state index is 13.2. The van der Waals surface area contributed by atoms with Crippen molar-refractivity contribution in [1.29, 1.82) is 0 Å². The average Bonchev–Trinajstić information content (AvgIpc) is 3.21. The van der Waals surface area contributed by atoms with Crippen LogP contribution >= 0.6 is 0 Å². The zero-order chi connectivity index (χ0) is 22.5. The van der Waals surface area contributed by atoms with Gasteiger partial charge in [-0.1, -0.05) is 24.3 Å². The Labute approximate surface area is 184 Å². The molecule has 0 saturated heterocycles. The summed E-state index contributed by atoms with van der Waals surface area (Å²) in [6.45, 7) is 1.07. The number of fused-ring (bicyclic) bond motifs is 1. The van der Waals surface area contributed by atoms with Crippen molar-refractivity contribution in [2.24, 2.45) is 0 Å². The van der Waals surface area contributed by atoms with Crippen LogP contribution in [0.5, 0.6) is 11.5 Å². The summed E-state index contributed by atoms with van der Waals surface area (Å²) in [6, 6.07) is 12.4. The number of allylic oxidation sites excluding steroid dienone is 1. The summed E-state index contributed by atoms with van der Waals surface area (Å²) < 4.78 is 15.3. The van der Waals surface area contributed by atoms with Gasteiger partial charge in [0.1, 0.15) is 5.82 Å². The Kier molecular flexibility index (Phi) is 6.17. The van der Waals surface area contributed by atoms with Crippen molar-refractivity contribution in [3.63, 3.8) is 0 Å². The largest absolute Gasteiger partial charge is 0.504 e. The second-order valence-electron chi connectivity index (χ2n) is 7.32. The molecule has 2 aromatic heterocycles. The third-order valence-corrected chi connectivity index (χ3v) is 5.15. The molecule has 0 atom stereocenters. The Morgan fingerprint density at radius 2 is 1.88 bits per heavy atom. The van der Waals surface area contributed by atoms with E-state index in [0.29, 0.717) is 30.6 Å². The van der Waals surface area contributed by atoms with Gasteiger partial charge in [-0.2, -0.15) is 0 Å². The number of hydrogen-bond acceptors (Lipinski definition) is 4. The Bertz CT molecular complexity index is 1280. The number of carbonyl (C=O) groups is 1. The molecule has 2 heterocycles. The van der Waals surface area contributed by atoms with Crippen molar-refractivity contribution in [2.75, 3.05) is 6.54 Å². The quantitative estimate of drug-likeness (QED) is 0.226. The first-order chi connectivity index (χ1) is 15.5. The number of amides is 1. The van der Waals surface area contributed by atoms with Crippen molar-refractivity contribution in [3.8, 4) is 22.6 Å². The van der Waals surface area contributed by atoms with E-state index < -0.39 is 17.4 Å². The van der Waals surface area contributed by atoms with E-state index in [1.165, 1.54) is 36.4 Å². The van der Waals surface area contributed by atoms with Crippen LogP contribution in [0.4, 0.5) is 4.39 Å². The second kappa shape index (κ2) is 9.34. The first-order valence-corrected chi connectivity index (χ1v) is 10.2. The maximum absolute atomic E-state index is 13.2. The van der Waals surface area contributed by atoms with E-state index in [2.05, 4.69) is 14.9 Å². The van der Waals surface area contributed by atoms with Gasteiger partial charge in [0, 0.05) is 37.1 Å². The Morgan fingerprint density at radius 3 is 2.69 bits per heavy atom. The lowest BCUT2D eigenvalue weighted by atomic mass is 10.0. The van der Waals surface area contributed by atoms with Gasteiger partial charge in [0.25, 0.3) is 5.91 Å². The minimum atomic E-state index is -0.501. The normalized spacial score (nSPS) is 11.3. The molecule has 0 aliphatic carbocycles. The van der Waals surface area contributed by atoms with E-state index >= 15 is 0 Å². The molecule has 0 spiro atoms. The van der Waals surface area contributed by atoms with Crippen LogP contribution in [0.2, 0.25) is 0 Å². The monoisotopic (exact) mass is 431 g/mol. The number of phenols is 2. The number of nitrogens with zero attached hydrogens (tertiary/aromatic N) is 2. The number of aromatic nitrogens is 2. The molecule has 32 heavy (non-hydrogen) atoms. The number of phenolic OH excluding ortho intramolecular Hbond substituents is 2. The zero-order valence-corrected chi connectivity index (χ0v) is 17.2. The standard InChI is InChI=1S/C25H22FN3O3/c26-20-6-4-17(5-7-20)19-14-21(24(31)23(30)15-19)25(32)28-10-2-1-3-12-29-13-9-18-16-27-11-8-22(18)29/h1,3-9,11,13-16,30-31H,2,10,12H2,(H,28,32)/b3-1+. The summed E-state index contributed by atoms with van der Waals surface area (Å²) in [5.41, 5.74) is 2.18. The molecule has 0 aliphatic rings. The van der Waals surface area contributed by atoms with Crippen molar-refractivity contribution in [3.05, 3.63) is 90.7 Å². The van der Waals surface area contributed by atoms with Crippen LogP contribution in [0.15, 0.2) is 79.3 Å². The minimum Gasteiger partial charge on any atom is -0.504 e. The fourth-order valence-corrected chi connectivity index (χ4v) is 3.47. The highest BCUT2D eigenvalue weighted by Crippen LogP contribution is 2.34. The van der Waals surface area contributed by atoms with E-state index in [0.717, 1.165) is 10.9 Å². The Hall–Kier alpha value is -4.13. The smallest absolute Gasteiger partial charge is 0.255 e. The van der Waals surface area contributed by atoms with E-state index in [-0.39, 0.29) is 11.4 Å². The molecule has 0 fully saturated rings.